The second-order valence-electron chi connectivity index (χ2n) is 0. The molecule has 0 spiro atoms. The maximum absolute atomic E-state index is 0. The molecular weight excluding hydrogens is 267 g/mol. The van der Waals surface area contributed by atoms with Gasteiger partial charge in [-0.1, -0.05) is 0 Å². The van der Waals surface area contributed by atoms with Crippen molar-refractivity contribution >= 4 is 84.3 Å². The predicted molar refractivity (Wildman–Crippen MR) is 44.1 cm³/mol. The van der Waals surface area contributed by atoms with Gasteiger partial charge >= 0.3 is 39.6 Å². The normalized spacial score (nSPS) is 0. The molecule has 0 unspecified atom stereocenters. The quantitative estimate of drug-likeness (QED) is 0.334. The van der Waals surface area contributed by atoms with Crippen LogP contribution < -0.4 is 0 Å². The molecule has 0 heterocycles. The van der Waals surface area contributed by atoms with Gasteiger partial charge in [0, 0.05) is 0 Å². The van der Waals surface area contributed by atoms with Gasteiger partial charge in [0.25, 0.3) is 0 Å². The second-order valence-corrected chi connectivity index (χ2v) is 0. The molecule has 0 saturated carbocycles. The van der Waals surface area contributed by atoms with Crippen LogP contribution in [-0.4, -0.2) is 74.4 Å². The maximum Gasteiger partial charge on any atom is 3.00 e. The Kier molecular flexibility index (Phi) is 706. The van der Waals surface area contributed by atoms with Crippen molar-refractivity contribution in [3.63, 3.8) is 0 Å². The predicted octanol–water partition coefficient (Wildman–Crippen LogP) is -2.65. The molecule has 0 N–H and O–H groups in total. The minimum absolute atomic E-state index is 0. The van der Waals surface area contributed by atoms with E-state index >= 15 is 0 Å². The van der Waals surface area contributed by atoms with Crippen LogP contribution in [0.5, 0.6) is 0 Å². The average Bonchev–Trinajstić information content (AvgIpc) is 0. The Morgan fingerprint density at radius 1 is 0.667 bits per heavy atom. The molecule has 0 bridgehead atoms. The van der Waals surface area contributed by atoms with E-state index in [0.717, 1.165) is 0 Å². The summed E-state index contributed by atoms with van der Waals surface area (Å²) >= 11 is 0. The van der Waals surface area contributed by atoms with E-state index in [1.165, 1.54) is 0 Å². The Morgan fingerprint density at radius 2 is 0.667 bits per heavy atom. The van der Waals surface area contributed by atoms with Crippen LogP contribution in [0.25, 0.3) is 0 Å². The van der Waals surface area contributed by atoms with E-state index in [-0.39, 0.29) is 84.3 Å². The van der Waals surface area contributed by atoms with E-state index < -0.39 is 0 Å². The van der Waals surface area contributed by atoms with Crippen LogP contribution in [0.4, 0.5) is 0 Å². The number of rotatable bonds is 0. The van der Waals surface area contributed by atoms with E-state index in [0.29, 0.717) is 0 Å². The van der Waals surface area contributed by atoms with Crippen LogP contribution >= 0.6 is 9.90 Å². The van der Waals surface area contributed by atoms with Crippen molar-refractivity contribution in [1.82, 2.24) is 0 Å². The summed E-state index contributed by atoms with van der Waals surface area (Å²) in [5.74, 6) is 0. The molecule has 6 heteroatoms. The first-order chi connectivity index (χ1) is 0. The standard InChI is InChI=1S/As.2BH3.2Ga.P/h;2*1H3;;;/q-3;;;2*+3;-3. The molecule has 28 valence electrons. The van der Waals surface area contributed by atoms with Crippen LogP contribution in [0.3, 0.4) is 0 Å². The third-order valence-corrected chi connectivity index (χ3v) is 0. The summed E-state index contributed by atoms with van der Waals surface area (Å²) in [5, 5.41) is 0. The summed E-state index contributed by atoms with van der Waals surface area (Å²) in [5.41, 5.74) is 0. The fourth-order valence-corrected chi connectivity index (χ4v) is 0. The van der Waals surface area contributed by atoms with Gasteiger partial charge in [-0.15, -0.1) is 0 Å². The zero-order chi connectivity index (χ0) is 0. The van der Waals surface area contributed by atoms with Gasteiger partial charge in [-0.3, -0.25) is 0 Å². The van der Waals surface area contributed by atoms with E-state index in [9.17, 15) is 0 Å². The summed E-state index contributed by atoms with van der Waals surface area (Å²) in [7, 11) is 0. The van der Waals surface area contributed by atoms with Crippen molar-refractivity contribution in [2.45, 2.75) is 0 Å². The fraction of sp³-hybridized carbons (Fsp3) is 0. The van der Waals surface area contributed by atoms with Crippen molar-refractivity contribution in [3.05, 3.63) is 0 Å². The molecule has 0 aliphatic carbocycles. The van der Waals surface area contributed by atoms with Crippen molar-refractivity contribution in [1.29, 1.82) is 0 Å². The Morgan fingerprint density at radius 3 is 0.667 bits per heavy atom. The molecule has 0 aliphatic rings. The molecule has 0 fully saturated rings. The Hall–Kier alpha value is 2.39. The minimum Gasteiger partial charge on any atom is -3.00 e. The van der Waals surface area contributed by atoms with Crippen molar-refractivity contribution < 1.29 is 0 Å². The van der Waals surface area contributed by atoms with Gasteiger partial charge < -0.3 is 27.9 Å². The van der Waals surface area contributed by atoms with E-state index in [2.05, 4.69) is 0 Å². The topological polar surface area (TPSA) is 0 Å². The largest absolute Gasteiger partial charge is 3.00 e. The average molecular weight is 273 g/mol. The Balaban J connectivity index is 0. The van der Waals surface area contributed by atoms with Crippen LogP contribution in [0.15, 0.2) is 0 Å². The van der Waals surface area contributed by atoms with Gasteiger partial charge in [-0.25, -0.2) is 0 Å². The number of hydrogen-bond donors (Lipinski definition) is 0. The van der Waals surface area contributed by atoms with Gasteiger partial charge in [-0.2, -0.15) is 0 Å². The Labute approximate surface area is 83.6 Å². The van der Waals surface area contributed by atoms with Crippen molar-refractivity contribution in [3.8, 4) is 0 Å². The fourth-order valence-electron chi connectivity index (χ4n) is 0. The summed E-state index contributed by atoms with van der Waals surface area (Å²) in [6.07, 6.45) is 0. The summed E-state index contributed by atoms with van der Waals surface area (Å²) in [6.45, 7) is 0. The molecule has 0 saturated heterocycles. The molecule has 0 radical (unpaired) electrons. The molecule has 0 aromatic rings. The first kappa shape index (κ1) is 80.2. The van der Waals surface area contributed by atoms with Gasteiger partial charge in [0.15, 0.2) is 0 Å². The third kappa shape index (κ3) is 32.5. The molecule has 0 aliphatic heterocycles. The summed E-state index contributed by atoms with van der Waals surface area (Å²) < 4.78 is 0. The molecule has 0 rings (SSSR count). The monoisotopic (exact) mass is 272 g/mol. The Bertz CT molecular complexity index is 11.5. The van der Waals surface area contributed by atoms with Crippen molar-refractivity contribution in [2.24, 2.45) is 0 Å². The van der Waals surface area contributed by atoms with Gasteiger partial charge in [0.1, 0.15) is 0 Å². The minimum atomic E-state index is 0. The van der Waals surface area contributed by atoms with Crippen LogP contribution in [0.2, 0.25) is 0 Å². The molecule has 0 nitrogen and oxygen atoms in total. The molecule has 0 atom stereocenters. The first-order valence-electron chi connectivity index (χ1n) is 0. The van der Waals surface area contributed by atoms with E-state index in [1.807, 2.05) is 0 Å². The van der Waals surface area contributed by atoms with Gasteiger partial charge in [0.2, 0.25) is 0 Å². The molecular formula is H6AsB2Ga2P. The van der Waals surface area contributed by atoms with E-state index in [1.54, 1.807) is 0 Å². The van der Waals surface area contributed by atoms with Crippen LogP contribution in [0.1, 0.15) is 0 Å². The summed E-state index contributed by atoms with van der Waals surface area (Å²) in [6, 6.07) is 0. The van der Waals surface area contributed by atoms with Gasteiger partial charge in [0.05, 0.1) is 16.8 Å². The molecule has 0 aromatic carbocycles. The second kappa shape index (κ2) is 52.8. The zero-order valence-electron chi connectivity index (χ0n) is 2.05. The first-order valence-corrected chi connectivity index (χ1v) is 0. The van der Waals surface area contributed by atoms with Crippen molar-refractivity contribution in [2.75, 3.05) is 0 Å². The van der Waals surface area contributed by atoms with Crippen LogP contribution in [-0.2, 0) is 0 Å². The number of hydrogen-bond acceptors (Lipinski definition) is 0. The molecule has 0 amide bonds. The summed E-state index contributed by atoms with van der Waals surface area (Å²) in [4.78, 5) is 0. The van der Waals surface area contributed by atoms with Gasteiger partial charge in [-0.05, 0) is 0 Å². The SMILES string of the molecule is B.B.[As-3].[Ga+3].[Ga+3].[P-3]. The van der Waals surface area contributed by atoms with E-state index in [4.69, 9.17) is 0 Å². The van der Waals surface area contributed by atoms with Crippen LogP contribution in [0, 0.1) is 0 Å². The molecule has 6 heavy (non-hydrogen) atoms. The molecule has 0 aromatic heterocycles. The maximum atomic E-state index is 0. The third-order valence-electron chi connectivity index (χ3n) is 0. The smallest absolute Gasteiger partial charge is 3.00 e. The zero-order valence-corrected chi connectivity index (χ0v) is 9.67.